The first-order chi connectivity index (χ1) is 8.04. The Hall–Kier alpha value is -1.13. The third-order valence-electron chi connectivity index (χ3n) is 3.15. The van der Waals surface area contributed by atoms with Crippen molar-refractivity contribution in [2.45, 2.75) is 32.2 Å². The van der Waals surface area contributed by atoms with Crippen LogP contribution in [-0.4, -0.2) is 11.9 Å². The fourth-order valence-electron chi connectivity index (χ4n) is 2.31. The second-order valence-corrected chi connectivity index (χ2v) is 4.78. The van der Waals surface area contributed by atoms with E-state index >= 15 is 0 Å². The SMILES string of the molecule is Cc1cc(F)cc(NC(=O)C2CCC(N)C2)c1.Cl. The summed E-state index contributed by atoms with van der Waals surface area (Å²) >= 11 is 0. The van der Waals surface area contributed by atoms with Crippen molar-refractivity contribution in [3.05, 3.63) is 29.6 Å². The zero-order valence-electron chi connectivity index (χ0n) is 10.3. The number of rotatable bonds is 2. The van der Waals surface area contributed by atoms with Crippen LogP contribution in [0.15, 0.2) is 18.2 Å². The average Bonchev–Trinajstić information content (AvgIpc) is 2.63. The molecule has 2 atom stereocenters. The molecule has 2 unspecified atom stereocenters. The lowest BCUT2D eigenvalue weighted by atomic mass is 10.1. The van der Waals surface area contributed by atoms with E-state index in [0.29, 0.717) is 5.69 Å². The highest BCUT2D eigenvalue weighted by Crippen LogP contribution is 2.25. The van der Waals surface area contributed by atoms with E-state index in [4.69, 9.17) is 5.73 Å². The fourth-order valence-corrected chi connectivity index (χ4v) is 2.31. The van der Waals surface area contributed by atoms with Crippen LogP contribution >= 0.6 is 12.4 Å². The normalized spacial score (nSPS) is 22.4. The van der Waals surface area contributed by atoms with Crippen LogP contribution in [0.25, 0.3) is 0 Å². The maximum absolute atomic E-state index is 13.1. The summed E-state index contributed by atoms with van der Waals surface area (Å²) in [5, 5.41) is 2.75. The van der Waals surface area contributed by atoms with Crippen molar-refractivity contribution < 1.29 is 9.18 Å². The molecule has 0 heterocycles. The van der Waals surface area contributed by atoms with Crippen molar-refractivity contribution in [2.75, 3.05) is 5.32 Å². The summed E-state index contributed by atoms with van der Waals surface area (Å²) in [5.74, 6) is -0.417. The second kappa shape index (κ2) is 6.16. The number of hydrogen-bond acceptors (Lipinski definition) is 2. The largest absolute Gasteiger partial charge is 0.328 e. The Morgan fingerprint density at radius 2 is 2.11 bits per heavy atom. The molecule has 3 nitrogen and oxygen atoms in total. The maximum Gasteiger partial charge on any atom is 0.227 e. The summed E-state index contributed by atoms with van der Waals surface area (Å²) in [4.78, 5) is 11.9. The highest BCUT2D eigenvalue weighted by molar-refractivity contribution is 5.92. The monoisotopic (exact) mass is 272 g/mol. The number of amides is 1. The lowest BCUT2D eigenvalue weighted by Gasteiger charge is -2.11. The van der Waals surface area contributed by atoms with E-state index in [0.717, 1.165) is 24.8 Å². The molecule has 0 aliphatic heterocycles. The van der Waals surface area contributed by atoms with E-state index in [9.17, 15) is 9.18 Å². The molecule has 3 N–H and O–H groups in total. The number of halogens is 2. The fraction of sp³-hybridized carbons (Fsp3) is 0.462. The van der Waals surface area contributed by atoms with Crippen molar-refractivity contribution in [1.82, 2.24) is 0 Å². The zero-order chi connectivity index (χ0) is 12.4. The number of nitrogens with one attached hydrogen (secondary N) is 1. The molecule has 1 aliphatic carbocycles. The van der Waals surface area contributed by atoms with Gasteiger partial charge in [0.15, 0.2) is 0 Å². The first-order valence-electron chi connectivity index (χ1n) is 5.88. The minimum absolute atomic E-state index is 0. The van der Waals surface area contributed by atoms with Gasteiger partial charge in [-0.2, -0.15) is 0 Å². The zero-order valence-corrected chi connectivity index (χ0v) is 11.1. The number of anilines is 1. The third kappa shape index (κ3) is 3.68. The molecule has 0 spiro atoms. The van der Waals surface area contributed by atoms with Gasteiger partial charge in [-0.15, -0.1) is 12.4 Å². The quantitative estimate of drug-likeness (QED) is 0.870. The second-order valence-electron chi connectivity index (χ2n) is 4.78. The third-order valence-corrected chi connectivity index (χ3v) is 3.15. The number of aryl methyl sites for hydroxylation is 1. The van der Waals surface area contributed by atoms with Gasteiger partial charge < -0.3 is 11.1 Å². The minimum Gasteiger partial charge on any atom is -0.328 e. The Kier molecular flexibility index (Phi) is 5.11. The predicted molar refractivity (Wildman–Crippen MR) is 72.3 cm³/mol. The summed E-state index contributed by atoms with van der Waals surface area (Å²) in [6.07, 6.45) is 2.43. The molecule has 1 amide bonds. The van der Waals surface area contributed by atoms with Gasteiger partial charge in [-0.1, -0.05) is 0 Å². The minimum atomic E-state index is -0.330. The summed E-state index contributed by atoms with van der Waals surface area (Å²) in [7, 11) is 0. The van der Waals surface area contributed by atoms with Crippen molar-refractivity contribution in [3.8, 4) is 0 Å². The van der Waals surface area contributed by atoms with Crippen molar-refractivity contribution in [2.24, 2.45) is 11.7 Å². The molecule has 1 saturated carbocycles. The molecule has 1 aliphatic rings. The molecule has 1 aromatic rings. The molecule has 1 fully saturated rings. The molecular weight excluding hydrogens is 255 g/mol. The molecule has 100 valence electrons. The lowest BCUT2D eigenvalue weighted by molar-refractivity contribution is -0.119. The van der Waals surface area contributed by atoms with E-state index in [1.54, 1.807) is 13.0 Å². The van der Waals surface area contributed by atoms with Gasteiger partial charge in [0, 0.05) is 17.6 Å². The van der Waals surface area contributed by atoms with Crippen LogP contribution in [0, 0.1) is 18.7 Å². The first kappa shape index (κ1) is 14.9. The Balaban J connectivity index is 0.00000162. The van der Waals surface area contributed by atoms with Crippen LogP contribution in [0.2, 0.25) is 0 Å². The van der Waals surface area contributed by atoms with Gasteiger partial charge in [0.1, 0.15) is 5.82 Å². The Bertz CT molecular complexity index is 419. The molecule has 2 rings (SSSR count). The van der Waals surface area contributed by atoms with Crippen LogP contribution in [-0.2, 0) is 4.79 Å². The van der Waals surface area contributed by atoms with Crippen LogP contribution in [0.4, 0.5) is 10.1 Å². The molecule has 0 aromatic heterocycles. The van der Waals surface area contributed by atoms with Crippen LogP contribution in [0.5, 0.6) is 0 Å². The van der Waals surface area contributed by atoms with Gasteiger partial charge in [0.25, 0.3) is 0 Å². The molecule has 0 saturated heterocycles. The highest BCUT2D eigenvalue weighted by atomic mass is 35.5. The van der Waals surface area contributed by atoms with E-state index in [2.05, 4.69) is 5.32 Å². The molecule has 1 aromatic carbocycles. The highest BCUT2D eigenvalue weighted by Gasteiger charge is 2.27. The van der Waals surface area contributed by atoms with Crippen LogP contribution < -0.4 is 11.1 Å². The van der Waals surface area contributed by atoms with Crippen molar-refractivity contribution in [1.29, 1.82) is 0 Å². The number of benzene rings is 1. The number of carbonyl (C=O) groups is 1. The van der Waals surface area contributed by atoms with E-state index < -0.39 is 0 Å². The van der Waals surface area contributed by atoms with Gasteiger partial charge in [0.05, 0.1) is 0 Å². The maximum atomic E-state index is 13.1. The first-order valence-corrected chi connectivity index (χ1v) is 5.88. The van der Waals surface area contributed by atoms with E-state index in [1.165, 1.54) is 12.1 Å². The summed E-state index contributed by atoms with van der Waals surface area (Å²) in [6.45, 7) is 1.80. The Morgan fingerprint density at radius 1 is 1.39 bits per heavy atom. The molecule has 0 bridgehead atoms. The summed E-state index contributed by atoms with van der Waals surface area (Å²) < 4.78 is 13.1. The Labute approximate surface area is 112 Å². The Morgan fingerprint density at radius 3 is 2.67 bits per heavy atom. The van der Waals surface area contributed by atoms with Crippen LogP contribution in [0.1, 0.15) is 24.8 Å². The van der Waals surface area contributed by atoms with Gasteiger partial charge >= 0.3 is 0 Å². The molecule has 5 heteroatoms. The van der Waals surface area contributed by atoms with Gasteiger partial charge in [-0.3, -0.25) is 4.79 Å². The van der Waals surface area contributed by atoms with Gasteiger partial charge in [-0.05, 0) is 49.9 Å². The smallest absolute Gasteiger partial charge is 0.227 e. The average molecular weight is 273 g/mol. The van der Waals surface area contributed by atoms with Gasteiger partial charge in [0.2, 0.25) is 5.91 Å². The van der Waals surface area contributed by atoms with Gasteiger partial charge in [-0.25, -0.2) is 4.39 Å². The summed E-state index contributed by atoms with van der Waals surface area (Å²) in [5.41, 5.74) is 7.08. The molecule has 0 radical (unpaired) electrons. The van der Waals surface area contributed by atoms with E-state index in [1.807, 2.05) is 0 Å². The predicted octanol–water partition coefficient (Wildman–Crippen LogP) is 2.62. The number of nitrogens with two attached hydrogens (primary N) is 1. The molecule has 18 heavy (non-hydrogen) atoms. The van der Waals surface area contributed by atoms with Crippen molar-refractivity contribution in [3.63, 3.8) is 0 Å². The van der Waals surface area contributed by atoms with E-state index in [-0.39, 0.29) is 36.1 Å². The lowest BCUT2D eigenvalue weighted by Crippen LogP contribution is -2.23. The summed E-state index contributed by atoms with van der Waals surface area (Å²) in [6, 6.07) is 4.65. The van der Waals surface area contributed by atoms with Crippen molar-refractivity contribution >= 4 is 24.0 Å². The number of carbonyl (C=O) groups excluding carboxylic acids is 1. The topological polar surface area (TPSA) is 55.1 Å². The molecular formula is C13H18ClFN2O. The van der Waals surface area contributed by atoms with Crippen LogP contribution in [0.3, 0.4) is 0 Å². The standard InChI is InChI=1S/C13H17FN2O.ClH/c1-8-4-10(14)7-12(5-8)16-13(17)9-2-3-11(15)6-9;/h4-5,7,9,11H,2-3,6,15H2,1H3,(H,16,17);1H. The number of hydrogen-bond donors (Lipinski definition) is 2.